The van der Waals surface area contributed by atoms with E-state index in [1.54, 1.807) is 0 Å². The van der Waals surface area contributed by atoms with Crippen molar-refractivity contribution >= 4 is 16.6 Å². The highest BCUT2D eigenvalue weighted by molar-refractivity contribution is 5.95. The molecule has 0 saturated heterocycles. The van der Waals surface area contributed by atoms with Gasteiger partial charge in [-0.05, 0) is 12.1 Å². The predicted molar refractivity (Wildman–Crippen MR) is 73.2 cm³/mol. The monoisotopic (exact) mass is 307 g/mol. The summed E-state index contributed by atoms with van der Waals surface area (Å²) in [7, 11) is 0. The zero-order valence-electron chi connectivity index (χ0n) is 10.9. The number of aromatic amines is 1. The molecule has 0 aliphatic rings. The van der Waals surface area contributed by atoms with Crippen molar-refractivity contribution in [3.8, 4) is 11.3 Å². The second-order valence-electron chi connectivity index (χ2n) is 4.60. The number of nitrogens with one attached hydrogen (secondary N) is 1. The first-order valence-electron chi connectivity index (χ1n) is 6.17. The lowest BCUT2D eigenvalue weighted by molar-refractivity contribution is -0.384. The molecule has 1 N–H and O–H groups in total. The van der Waals surface area contributed by atoms with Crippen molar-refractivity contribution in [3.63, 3.8) is 0 Å². The van der Waals surface area contributed by atoms with E-state index in [0.717, 1.165) is 6.07 Å². The first-order chi connectivity index (χ1) is 10.4. The maximum absolute atomic E-state index is 13.1. The molecule has 0 spiro atoms. The zero-order chi connectivity index (χ0) is 15.9. The molecule has 0 fully saturated rings. The molecule has 112 valence electrons. The van der Waals surface area contributed by atoms with Crippen molar-refractivity contribution in [1.29, 1.82) is 0 Å². The molecule has 0 bridgehead atoms. The van der Waals surface area contributed by atoms with Crippen LogP contribution in [0.4, 0.5) is 18.9 Å². The number of benzene rings is 2. The van der Waals surface area contributed by atoms with E-state index in [1.165, 1.54) is 36.4 Å². The van der Waals surface area contributed by atoms with Crippen LogP contribution in [0.5, 0.6) is 0 Å². The van der Waals surface area contributed by atoms with E-state index in [0.29, 0.717) is 5.52 Å². The van der Waals surface area contributed by atoms with Gasteiger partial charge in [-0.15, -0.1) is 0 Å². The van der Waals surface area contributed by atoms with E-state index < -0.39 is 16.7 Å². The summed E-state index contributed by atoms with van der Waals surface area (Å²) in [5.41, 5.74) is -0.708. The Morgan fingerprint density at radius 2 is 1.86 bits per heavy atom. The molecule has 0 aliphatic carbocycles. The Hall–Kier alpha value is -2.90. The van der Waals surface area contributed by atoms with Crippen LogP contribution in [-0.2, 0) is 6.18 Å². The minimum atomic E-state index is -4.54. The number of fused-ring (bicyclic) bond motifs is 1. The average Bonchev–Trinajstić information content (AvgIpc) is 2.89. The number of nitrogens with zero attached hydrogens (tertiary/aromatic N) is 2. The van der Waals surface area contributed by atoms with Gasteiger partial charge >= 0.3 is 6.18 Å². The lowest BCUT2D eigenvalue weighted by Crippen LogP contribution is -2.07. The number of hydrogen-bond donors (Lipinski definition) is 1. The molecule has 2 aromatic carbocycles. The molecule has 1 aromatic heterocycles. The Balaban J connectivity index is 2.27. The Morgan fingerprint density at radius 3 is 2.55 bits per heavy atom. The number of nitro benzene ring substituents is 1. The molecular weight excluding hydrogens is 299 g/mol. The molecule has 0 unspecified atom stereocenters. The minimum Gasteiger partial charge on any atom is -0.277 e. The van der Waals surface area contributed by atoms with Crippen molar-refractivity contribution < 1.29 is 18.1 Å². The lowest BCUT2D eigenvalue weighted by atomic mass is 10.0. The highest BCUT2D eigenvalue weighted by atomic mass is 19.4. The molecule has 0 radical (unpaired) electrons. The molecule has 8 heteroatoms. The van der Waals surface area contributed by atoms with Crippen molar-refractivity contribution in [2.45, 2.75) is 6.18 Å². The smallest absolute Gasteiger partial charge is 0.277 e. The molecule has 0 atom stereocenters. The van der Waals surface area contributed by atoms with E-state index in [9.17, 15) is 23.3 Å². The number of halogens is 3. The summed E-state index contributed by atoms with van der Waals surface area (Å²) in [6, 6.07) is 8.87. The fourth-order valence-electron chi connectivity index (χ4n) is 2.26. The van der Waals surface area contributed by atoms with Gasteiger partial charge in [0.2, 0.25) is 0 Å². The number of nitro groups is 1. The van der Waals surface area contributed by atoms with E-state index in [-0.39, 0.29) is 22.3 Å². The number of alkyl halides is 3. The second-order valence-corrected chi connectivity index (χ2v) is 4.60. The molecule has 3 rings (SSSR count). The summed E-state index contributed by atoms with van der Waals surface area (Å²) < 4.78 is 39.3. The topological polar surface area (TPSA) is 71.8 Å². The SMILES string of the molecule is O=[N+]([O-])c1ccc2[nH]nc(-c3ccccc3C(F)(F)F)c2c1. The van der Waals surface area contributed by atoms with Gasteiger partial charge in [0.1, 0.15) is 5.69 Å². The van der Waals surface area contributed by atoms with Gasteiger partial charge in [0.15, 0.2) is 0 Å². The molecule has 5 nitrogen and oxygen atoms in total. The third kappa shape index (κ3) is 2.28. The van der Waals surface area contributed by atoms with Gasteiger partial charge in [0.25, 0.3) is 5.69 Å². The average molecular weight is 307 g/mol. The molecule has 0 aliphatic heterocycles. The van der Waals surface area contributed by atoms with Gasteiger partial charge in [-0.2, -0.15) is 18.3 Å². The predicted octanol–water partition coefficient (Wildman–Crippen LogP) is 4.16. The fourth-order valence-corrected chi connectivity index (χ4v) is 2.26. The van der Waals surface area contributed by atoms with E-state index in [4.69, 9.17) is 0 Å². The van der Waals surface area contributed by atoms with E-state index in [2.05, 4.69) is 10.2 Å². The van der Waals surface area contributed by atoms with Crippen LogP contribution < -0.4 is 0 Å². The summed E-state index contributed by atoms with van der Waals surface area (Å²) in [4.78, 5) is 10.2. The van der Waals surface area contributed by atoms with Crippen LogP contribution in [0.25, 0.3) is 22.2 Å². The summed E-state index contributed by atoms with van der Waals surface area (Å²) in [6.45, 7) is 0. The van der Waals surface area contributed by atoms with Crippen molar-refractivity contribution in [1.82, 2.24) is 10.2 Å². The molecule has 3 aromatic rings. The highest BCUT2D eigenvalue weighted by Crippen LogP contribution is 2.38. The lowest BCUT2D eigenvalue weighted by Gasteiger charge is -2.11. The standard InChI is InChI=1S/C14H8F3N3O2/c15-14(16,17)11-4-2-1-3-9(11)13-10-7-8(20(21)22)5-6-12(10)18-19-13/h1-7H,(H,18,19). The van der Waals surface area contributed by atoms with Crippen LogP contribution >= 0.6 is 0 Å². The Labute approximate surface area is 121 Å². The maximum atomic E-state index is 13.1. The third-order valence-electron chi connectivity index (χ3n) is 3.24. The Bertz CT molecular complexity index is 871. The van der Waals surface area contributed by atoms with Crippen LogP contribution in [0, 0.1) is 10.1 Å². The van der Waals surface area contributed by atoms with Crippen molar-refractivity contribution in [2.24, 2.45) is 0 Å². The van der Waals surface area contributed by atoms with E-state index in [1.807, 2.05) is 0 Å². The first kappa shape index (κ1) is 14.1. The number of non-ortho nitro benzene ring substituents is 1. The van der Waals surface area contributed by atoms with Crippen LogP contribution in [0.15, 0.2) is 42.5 Å². The van der Waals surface area contributed by atoms with Crippen LogP contribution in [-0.4, -0.2) is 15.1 Å². The number of aromatic nitrogens is 2. The van der Waals surface area contributed by atoms with Gasteiger partial charge < -0.3 is 0 Å². The zero-order valence-corrected chi connectivity index (χ0v) is 10.9. The highest BCUT2D eigenvalue weighted by Gasteiger charge is 2.34. The Morgan fingerprint density at radius 1 is 1.14 bits per heavy atom. The summed E-state index contributed by atoms with van der Waals surface area (Å²) in [5, 5.41) is 17.6. The quantitative estimate of drug-likeness (QED) is 0.571. The minimum absolute atomic E-state index is 0.0339. The van der Waals surface area contributed by atoms with Gasteiger partial charge in [-0.1, -0.05) is 18.2 Å². The van der Waals surface area contributed by atoms with Gasteiger partial charge in [-0.3, -0.25) is 15.2 Å². The number of H-pyrrole nitrogens is 1. The van der Waals surface area contributed by atoms with Gasteiger partial charge in [-0.25, -0.2) is 0 Å². The largest absolute Gasteiger partial charge is 0.417 e. The molecular formula is C14H8F3N3O2. The molecule has 0 saturated carbocycles. The second kappa shape index (κ2) is 4.83. The number of rotatable bonds is 2. The van der Waals surface area contributed by atoms with Crippen molar-refractivity contribution in [2.75, 3.05) is 0 Å². The molecule has 22 heavy (non-hydrogen) atoms. The summed E-state index contributed by atoms with van der Waals surface area (Å²) in [6.07, 6.45) is -4.54. The van der Waals surface area contributed by atoms with Gasteiger partial charge in [0, 0.05) is 23.1 Å². The van der Waals surface area contributed by atoms with Crippen LogP contribution in [0.1, 0.15) is 5.56 Å². The Kier molecular flexibility index (Phi) is 3.09. The van der Waals surface area contributed by atoms with Gasteiger partial charge in [0.05, 0.1) is 16.0 Å². The fraction of sp³-hybridized carbons (Fsp3) is 0.0714. The summed E-state index contributed by atoms with van der Waals surface area (Å²) in [5.74, 6) is 0. The normalized spacial score (nSPS) is 11.8. The third-order valence-corrected chi connectivity index (χ3v) is 3.24. The van der Waals surface area contributed by atoms with Crippen LogP contribution in [0.2, 0.25) is 0 Å². The summed E-state index contributed by atoms with van der Waals surface area (Å²) >= 11 is 0. The van der Waals surface area contributed by atoms with Crippen molar-refractivity contribution in [3.05, 3.63) is 58.1 Å². The number of hydrogen-bond acceptors (Lipinski definition) is 3. The van der Waals surface area contributed by atoms with E-state index >= 15 is 0 Å². The molecule has 1 heterocycles. The first-order valence-corrected chi connectivity index (χ1v) is 6.17. The molecule has 0 amide bonds. The maximum Gasteiger partial charge on any atom is 0.417 e. The van der Waals surface area contributed by atoms with Crippen LogP contribution in [0.3, 0.4) is 0 Å².